The summed E-state index contributed by atoms with van der Waals surface area (Å²) < 4.78 is 42.1. The van der Waals surface area contributed by atoms with Crippen LogP contribution in [0.5, 0.6) is 0 Å². The lowest BCUT2D eigenvalue weighted by Gasteiger charge is -2.19. The Kier molecular flexibility index (Phi) is 18.2. The summed E-state index contributed by atoms with van der Waals surface area (Å²) in [5.41, 5.74) is -0.139. The molecule has 0 aromatic heterocycles. The molecule has 8 nitrogen and oxygen atoms in total. The van der Waals surface area contributed by atoms with Gasteiger partial charge in [-0.25, -0.2) is 0 Å². The predicted octanol–water partition coefficient (Wildman–Crippen LogP) is 1.81. The van der Waals surface area contributed by atoms with Crippen molar-refractivity contribution in [1.82, 2.24) is 0 Å². The first-order valence-electron chi connectivity index (χ1n) is 8.74. The molecule has 0 aromatic carbocycles. The van der Waals surface area contributed by atoms with Crippen LogP contribution >= 0.6 is 0 Å². The largest absolute Gasteiger partial charge is 0.379 e. The minimum Gasteiger partial charge on any atom is -0.379 e. The first-order chi connectivity index (χ1) is 12.1. The van der Waals surface area contributed by atoms with Crippen LogP contribution in [0.3, 0.4) is 0 Å². The number of hydrogen-bond donors (Lipinski definition) is 0. The highest BCUT2D eigenvalue weighted by Crippen LogP contribution is 2.05. The van der Waals surface area contributed by atoms with E-state index in [1.807, 2.05) is 27.7 Å². The standard InChI is InChI=1S/C17H36O8/c1-5-18-6-7-19-14-20-8-9-21-15-22-10-11-23-16-24-12-13-25-17(2,3)4/h5-16H2,1-4H3. The van der Waals surface area contributed by atoms with Crippen LogP contribution in [-0.4, -0.2) is 85.4 Å². The minimum atomic E-state index is -0.139. The molecule has 8 heteroatoms. The number of rotatable bonds is 19. The van der Waals surface area contributed by atoms with Crippen molar-refractivity contribution in [3.8, 4) is 0 Å². The monoisotopic (exact) mass is 368 g/mol. The van der Waals surface area contributed by atoms with Crippen LogP contribution in [0, 0.1) is 0 Å². The highest BCUT2D eigenvalue weighted by molar-refractivity contribution is 4.57. The molecule has 0 atom stereocenters. The van der Waals surface area contributed by atoms with Crippen LogP contribution in [0.4, 0.5) is 0 Å². The Morgan fingerprint density at radius 2 is 0.800 bits per heavy atom. The topological polar surface area (TPSA) is 73.8 Å². The molecule has 0 spiro atoms. The average molecular weight is 368 g/mol. The van der Waals surface area contributed by atoms with Gasteiger partial charge in [-0.15, -0.1) is 0 Å². The molecule has 0 bridgehead atoms. The van der Waals surface area contributed by atoms with Gasteiger partial charge in [-0.1, -0.05) is 0 Å². The molecule has 0 amide bonds. The number of hydrogen-bond acceptors (Lipinski definition) is 8. The van der Waals surface area contributed by atoms with Gasteiger partial charge in [0, 0.05) is 6.61 Å². The second kappa shape index (κ2) is 18.5. The lowest BCUT2D eigenvalue weighted by molar-refractivity contribution is -0.122. The molecule has 0 fully saturated rings. The summed E-state index contributed by atoms with van der Waals surface area (Å²) in [7, 11) is 0. The molecular weight excluding hydrogens is 332 g/mol. The molecule has 0 aliphatic rings. The van der Waals surface area contributed by atoms with Crippen molar-refractivity contribution < 1.29 is 37.9 Å². The maximum Gasteiger partial charge on any atom is 0.146 e. The molecule has 0 saturated carbocycles. The summed E-state index contributed by atoms with van der Waals surface area (Å²) in [6, 6.07) is 0. The van der Waals surface area contributed by atoms with Crippen LogP contribution < -0.4 is 0 Å². The van der Waals surface area contributed by atoms with E-state index in [1.54, 1.807) is 0 Å². The van der Waals surface area contributed by atoms with Crippen molar-refractivity contribution in [1.29, 1.82) is 0 Å². The maximum absolute atomic E-state index is 5.51. The second-order valence-electron chi connectivity index (χ2n) is 5.96. The van der Waals surface area contributed by atoms with Gasteiger partial charge in [-0.2, -0.15) is 0 Å². The molecule has 0 radical (unpaired) electrons. The maximum atomic E-state index is 5.51. The number of ether oxygens (including phenoxy) is 8. The fraction of sp³-hybridized carbons (Fsp3) is 1.00. The Hall–Kier alpha value is -0.320. The Labute approximate surface area is 151 Å². The van der Waals surface area contributed by atoms with E-state index in [0.29, 0.717) is 59.5 Å². The third-order valence-corrected chi connectivity index (χ3v) is 2.58. The van der Waals surface area contributed by atoms with E-state index >= 15 is 0 Å². The normalized spacial score (nSPS) is 12.0. The lowest BCUT2D eigenvalue weighted by atomic mass is 10.2. The fourth-order valence-electron chi connectivity index (χ4n) is 1.43. The lowest BCUT2D eigenvalue weighted by Crippen LogP contribution is -2.22. The Balaban J connectivity index is 3.01. The van der Waals surface area contributed by atoms with E-state index < -0.39 is 0 Å². The Morgan fingerprint density at radius 3 is 1.12 bits per heavy atom. The molecule has 0 aliphatic heterocycles. The van der Waals surface area contributed by atoms with Gasteiger partial charge in [-0.05, 0) is 27.7 Å². The van der Waals surface area contributed by atoms with Gasteiger partial charge in [0.1, 0.15) is 20.4 Å². The summed E-state index contributed by atoms with van der Waals surface area (Å²) in [6.07, 6.45) is 0. The fourth-order valence-corrected chi connectivity index (χ4v) is 1.43. The summed E-state index contributed by atoms with van der Waals surface area (Å²) in [5.74, 6) is 0. The second-order valence-corrected chi connectivity index (χ2v) is 5.96. The van der Waals surface area contributed by atoms with Gasteiger partial charge in [0.15, 0.2) is 0 Å². The van der Waals surface area contributed by atoms with Crippen molar-refractivity contribution in [3.05, 3.63) is 0 Å². The summed E-state index contributed by atoms with van der Waals surface area (Å²) >= 11 is 0. The molecule has 152 valence electrons. The first-order valence-corrected chi connectivity index (χ1v) is 8.74. The molecule has 0 unspecified atom stereocenters. The molecule has 0 aliphatic carbocycles. The first kappa shape index (κ1) is 24.7. The van der Waals surface area contributed by atoms with Gasteiger partial charge in [-0.3, -0.25) is 0 Å². The van der Waals surface area contributed by atoms with Crippen LogP contribution in [0.2, 0.25) is 0 Å². The van der Waals surface area contributed by atoms with Gasteiger partial charge in [0.05, 0.1) is 58.5 Å². The average Bonchev–Trinajstić information content (AvgIpc) is 2.56. The van der Waals surface area contributed by atoms with E-state index in [1.165, 1.54) is 0 Å². The third kappa shape index (κ3) is 23.7. The zero-order valence-electron chi connectivity index (χ0n) is 16.3. The zero-order chi connectivity index (χ0) is 18.6. The minimum absolute atomic E-state index is 0.139. The Bertz CT molecular complexity index is 258. The van der Waals surface area contributed by atoms with Crippen molar-refractivity contribution in [2.45, 2.75) is 33.3 Å². The van der Waals surface area contributed by atoms with Crippen LogP contribution in [-0.2, 0) is 37.9 Å². The molecule has 0 aromatic rings. The van der Waals surface area contributed by atoms with E-state index in [4.69, 9.17) is 37.9 Å². The molecule has 0 rings (SSSR count). The van der Waals surface area contributed by atoms with Crippen molar-refractivity contribution >= 4 is 0 Å². The SMILES string of the molecule is CCOCCOCOCCOCOCCOCOCCOC(C)(C)C. The van der Waals surface area contributed by atoms with Crippen molar-refractivity contribution in [3.63, 3.8) is 0 Å². The third-order valence-electron chi connectivity index (χ3n) is 2.58. The van der Waals surface area contributed by atoms with Crippen LogP contribution in [0.15, 0.2) is 0 Å². The summed E-state index contributed by atoms with van der Waals surface area (Å²) in [4.78, 5) is 0. The Morgan fingerprint density at radius 1 is 0.480 bits per heavy atom. The summed E-state index contributed by atoms with van der Waals surface area (Å²) in [5, 5.41) is 0. The molecule has 0 N–H and O–H groups in total. The molecule has 25 heavy (non-hydrogen) atoms. The van der Waals surface area contributed by atoms with E-state index in [0.717, 1.165) is 0 Å². The molecule has 0 heterocycles. The van der Waals surface area contributed by atoms with Crippen LogP contribution in [0.1, 0.15) is 27.7 Å². The summed E-state index contributed by atoms with van der Waals surface area (Å²) in [6.45, 7) is 13.3. The highest BCUT2D eigenvalue weighted by atomic mass is 16.7. The van der Waals surface area contributed by atoms with Gasteiger partial charge < -0.3 is 37.9 Å². The zero-order valence-corrected chi connectivity index (χ0v) is 16.3. The van der Waals surface area contributed by atoms with Gasteiger partial charge in [0.2, 0.25) is 0 Å². The van der Waals surface area contributed by atoms with Crippen LogP contribution in [0.25, 0.3) is 0 Å². The van der Waals surface area contributed by atoms with Gasteiger partial charge >= 0.3 is 0 Å². The van der Waals surface area contributed by atoms with Gasteiger partial charge in [0.25, 0.3) is 0 Å². The smallest absolute Gasteiger partial charge is 0.146 e. The molecular formula is C17H36O8. The quantitative estimate of drug-likeness (QED) is 0.252. The highest BCUT2D eigenvalue weighted by Gasteiger charge is 2.08. The van der Waals surface area contributed by atoms with E-state index in [2.05, 4.69) is 0 Å². The predicted molar refractivity (Wildman–Crippen MR) is 92.5 cm³/mol. The molecule has 0 saturated heterocycles. The van der Waals surface area contributed by atoms with Crippen molar-refractivity contribution in [2.24, 2.45) is 0 Å². The van der Waals surface area contributed by atoms with Crippen molar-refractivity contribution in [2.75, 3.05) is 79.8 Å². The van der Waals surface area contributed by atoms with E-state index in [9.17, 15) is 0 Å². The van der Waals surface area contributed by atoms with E-state index in [-0.39, 0.29) is 26.0 Å².